The second-order valence-electron chi connectivity index (χ2n) is 3.15. The fourth-order valence-corrected chi connectivity index (χ4v) is 1.73. The molecular formula is C10H16NOP. The summed E-state index contributed by atoms with van der Waals surface area (Å²) >= 11 is 0. The molecule has 0 aromatic carbocycles. The summed E-state index contributed by atoms with van der Waals surface area (Å²) < 4.78 is 0. The van der Waals surface area contributed by atoms with E-state index in [1.165, 1.54) is 11.1 Å². The molecule has 1 aliphatic rings. The van der Waals surface area contributed by atoms with Gasteiger partial charge in [-0.05, 0) is 33.7 Å². The van der Waals surface area contributed by atoms with Crippen LogP contribution in [0.2, 0.25) is 0 Å². The van der Waals surface area contributed by atoms with Crippen molar-refractivity contribution in [3.8, 4) is 0 Å². The Balaban J connectivity index is 2.79. The Hall–Kier alpha value is -0.620. The highest BCUT2D eigenvalue weighted by molar-refractivity contribution is 7.39. The van der Waals surface area contributed by atoms with Crippen LogP contribution < -0.4 is 0 Å². The van der Waals surface area contributed by atoms with E-state index in [9.17, 15) is 4.79 Å². The van der Waals surface area contributed by atoms with E-state index in [2.05, 4.69) is 28.3 Å². The number of rotatable bonds is 1. The van der Waals surface area contributed by atoms with Gasteiger partial charge in [0.1, 0.15) is 0 Å². The quantitative estimate of drug-likeness (QED) is 0.591. The summed E-state index contributed by atoms with van der Waals surface area (Å²) in [6, 6.07) is 0. The van der Waals surface area contributed by atoms with E-state index < -0.39 is 0 Å². The molecule has 0 aliphatic carbocycles. The van der Waals surface area contributed by atoms with Crippen LogP contribution in [-0.4, -0.2) is 23.6 Å². The van der Waals surface area contributed by atoms with Gasteiger partial charge < -0.3 is 4.90 Å². The Labute approximate surface area is 81.9 Å². The smallest absolute Gasteiger partial charge is 0.237 e. The van der Waals surface area contributed by atoms with Crippen LogP contribution in [0.3, 0.4) is 0 Å². The highest BCUT2D eigenvalue weighted by atomic mass is 31.0. The largest absolute Gasteiger partial charge is 0.331 e. The van der Waals surface area contributed by atoms with Crippen molar-refractivity contribution in [2.75, 3.05) is 13.1 Å². The Morgan fingerprint density at radius 1 is 1.54 bits per heavy atom. The third-order valence-electron chi connectivity index (χ3n) is 2.25. The second-order valence-corrected chi connectivity index (χ2v) is 3.64. The average molecular weight is 197 g/mol. The van der Waals surface area contributed by atoms with Gasteiger partial charge in [-0.2, -0.15) is 0 Å². The minimum atomic E-state index is 0.0823. The zero-order valence-corrected chi connectivity index (χ0v) is 9.36. The first-order chi connectivity index (χ1) is 6.19. The molecule has 0 aromatic rings. The standard InChI is InChI=1S/C10H16NOP/c1-3-5-9-7-11(10(12)13)6-8(9)4-2/h4-5H,3,6-7,13H2,1-2H3/b8-4-,9-5-. The van der Waals surface area contributed by atoms with Gasteiger partial charge in [-0.25, -0.2) is 0 Å². The van der Waals surface area contributed by atoms with Gasteiger partial charge in [-0.15, -0.1) is 0 Å². The molecule has 1 heterocycles. The summed E-state index contributed by atoms with van der Waals surface area (Å²) in [5.74, 6) is 0. The minimum Gasteiger partial charge on any atom is -0.331 e. The average Bonchev–Trinajstić information content (AvgIpc) is 2.48. The predicted octanol–water partition coefficient (Wildman–Crippen LogP) is 2.58. The Bertz CT molecular complexity index is 268. The molecular weight excluding hydrogens is 181 g/mol. The number of carbonyl (C=O) groups excluding carboxylic acids is 1. The van der Waals surface area contributed by atoms with Gasteiger partial charge in [0.05, 0.1) is 0 Å². The summed E-state index contributed by atoms with van der Waals surface area (Å²) in [6.45, 7) is 5.68. The number of nitrogens with zero attached hydrogens (tertiary/aromatic N) is 1. The van der Waals surface area contributed by atoms with Crippen molar-refractivity contribution in [2.45, 2.75) is 20.3 Å². The molecule has 1 amide bonds. The van der Waals surface area contributed by atoms with Crippen LogP contribution in [0.15, 0.2) is 23.3 Å². The maximum atomic E-state index is 11.1. The lowest BCUT2D eigenvalue weighted by atomic mass is 10.1. The van der Waals surface area contributed by atoms with E-state index in [-0.39, 0.29) is 5.65 Å². The van der Waals surface area contributed by atoms with Gasteiger partial charge >= 0.3 is 0 Å². The molecule has 72 valence electrons. The van der Waals surface area contributed by atoms with E-state index >= 15 is 0 Å². The van der Waals surface area contributed by atoms with Crippen LogP contribution in [0.25, 0.3) is 0 Å². The number of allylic oxidation sites excluding steroid dienone is 2. The van der Waals surface area contributed by atoms with Crippen molar-refractivity contribution in [2.24, 2.45) is 0 Å². The van der Waals surface area contributed by atoms with E-state index in [1.54, 1.807) is 0 Å². The first kappa shape index (κ1) is 10.5. The number of amides is 1. The molecule has 1 unspecified atom stereocenters. The number of hydrogen-bond donors (Lipinski definition) is 0. The maximum absolute atomic E-state index is 11.1. The second kappa shape index (κ2) is 4.57. The number of hydrogen-bond acceptors (Lipinski definition) is 1. The fourth-order valence-electron chi connectivity index (χ4n) is 1.54. The Morgan fingerprint density at radius 2 is 2.15 bits per heavy atom. The SMILES string of the molecule is C/C=C1/CN(C(=O)P)C/C1=C/CC. The maximum Gasteiger partial charge on any atom is 0.237 e. The molecule has 1 fully saturated rings. The van der Waals surface area contributed by atoms with Crippen LogP contribution in [0, 0.1) is 0 Å². The van der Waals surface area contributed by atoms with E-state index in [0.29, 0.717) is 0 Å². The highest BCUT2D eigenvalue weighted by Crippen LogP contribution is 2.23. The van der Waals surface area contributed by atoms with Gasteiger partial charge in [0, 0.05) is 13.1 Å². The van der Waals surface area contributed by atoms with Gasteiger partial charge in [0.15, 0.2) is 0 Å². The molecule has 0 aromatic heterocycles. The van der Waals surface area contributed by atoms with Crippen LogP contribution in [0.5, 0.6) is 0 Å². The van der Waals surface area contributed by atoms with Crippen molar-refractivity contribution < 1.29 is 4.79 Å². The monoisotopic (exact) mass is 197 g/mol. The van der Waals surface area contributed by atoms with Crippen LogP contribution >= 0.6 is 9.24 Å². The van der Waals surface area contributed by atoms with E-state index in [0.717, 1.165) is 19.5 Å². The lowest BCUT2D eigenvalue weighted by molar-refractivity contribution is 0.235. The topological polar surface area (TPSA) is 20.3 Å². The molecule has 13 heavy (non-hydrogen) atoms. The molecule has 0 bridgehead atoms. The van der Waals surface area contributed by atoms with Crippen molar-refractivity contribution in [3.05, 3.63) is 23.3 Å². The zero-order chi connectivity index (χ0) is 9.84. The third kappa shape index (κ3) is 2.41. The molecule has 0 radical (unpaired) electrons. The van der Waals surface area contributed by atoms with Crippen LogP contribution in [0.1, 0.15) is 20.3 Å². The van der Waals surface area contributed by atoms with Gasteiger partial charge in [-0.1, -0.05) is 19.1 Å². The highest BCUT2D eigenvalue weighted by Gasteiger charge is 2.22. The number of likely N-dealkylation sites (tertiary alicyclic amines) is 1. The molecule has 3 heteroatoms. The first-order valence-electron chi connectivity index (χ1n) is 4.58. The summed E-state index contributed by atoms with van der Waals surface area (Å²) in [7, 11) is 2.22. The van der Waals surface area contributed by atoms with Crippen molar-refractivity contribution in [3.63, 3.8) is 0 Å². The molecule has 1 atom stereocenters. The van der Waals surface area contributed by atoms with E-state index in [4.69, 9.17) is 0 Å². The first-order valence-corrected chi connectivity index (χ1v) is 5.15. The lowest BCUT2D eigenvalue weighted by Gasteiger charge is -2.09. The van der Waals surface area contributed by atoms with Crippen molar-refractivity contribution >= 4 is 14.9 Å². The van der Waals surface area contributed by atoms with Crippen molar-refractivity contribution in [1.82, 2.24) is 4.90 Å². The molecule has 2 nitrogen and oxygen atoms in total. The zero-order valence-electron chi connectivity index (χ0n) is 8.21. The van der Waals surface area contributed by atoms with Gasteiger partial charge in [0.25, 0.3) is 0 Å². The molecule has 1 saturated heterocycles. The number of carbonyl (C=O) groups is 1. The molecule has 0 spiro atoms. The molecule has 0 saturated carbocycles. The Morgan fingerprint density at radius 3 is 2.62 bits per heavy atom. The normalized spacial score (nSPS) is 23.2. The lowest BCUT2D eigenvalue weighted by Crippen LogP contribution is -2.21. The predicted molar refractivity (Wildman–Crippen MR) is 58.8 cm³/mol. The summed E-state index contributed by atoms with van der Waals surface area (Å²) in [4.78, 5) is 12.9. The van der Waals surface area contributed by atoms with Crippen molar-refractivity contribution in [1.29, 1.82) is 0 Å². The summed E-state index contributed by atoms with van der Waals surface area (Å²) in [5.41, 5.74) is 2.68. The minimum absolute atomic E-state index is 0.0823. The summed E-state index contributed by atoms with van der Waals surface area (Å²) in [6.07, 6.45) is 5.32. The third-order valence-corrected chi connectivity index (χ3v) is 2.61. The van der Waals surface area contributed by atoms with Gasteiger partial charge in [0.2, 0.25) is 5.65 Å². The molecule has 0 N–H and O–H groups in total. The fraction of sp³-hybridized carbons (Fsp3) is 0.500. The van der Waals surface area contributed by atoms with Crippen LogP contribution in [-0.2, 0) is 0 Å². The van der Waals surface area contributed by atoms with E-state index in [1.807, 2.05) is 11.8 Å². The molecule has 1 rings (SSSR count). The summed E-state index contributed by atoms with van der Waals surface area (Å²) in [5, 5.41) is 0. The Kier molecular flexibility index (Phi) is 3.68. The van der Waals surface area contributed by atoms with Crippen LogP contribution in [0.4, 0.5) is 4.79 Å². The molecule has 1 aliphatic heterocycles. The van der Waals surface area contributed by atoms with Gasteiger partial charge in [-0.3, -0.25) is 4.79 Å².